The van der Waals surface area contributed by atoms with E-state index in [1.807, 2.05) is 24.3 Å². The summed E-state index contributed by atoms with van der Waals surface area (Å²) in [6.07, 6.45) is 1.18. The molecule has 0 aromatic heterocycles. The molecule has 2 atom stereocenters. The Kier molecular flexibility index (Phi) is 4.52. The number of methoxy groups -OCH3 is 1. The minimum atomic E-state index is -0.301. The average molecular weight is 365 g/mol. The lowest BCUT2D eigenvalue weighted by atomic mass is 9.73. The van der Waals surface area contributed by atoms with Crippen molar-refractivity contribution in [3.8, 4) is 5.75 Å². The number of nitrogens with one attached hydrogen (secondary N) is 1. The molecule has 1 aliphatic carbocycles. The number of ether oxygens (including phenoxy) is 1. The first-order valence-corrected chi connectivity index (χ1v) is 9.00. The number of rotatable bonds is 3. The van der Waals surface area contributed by atoms with Crippen LogP contribution in [0.2, 0.25) is 0 Å². The fourth-order valence-corrected chi connectivity index (χ4v) is 4.07. The van der Waals surface area contributed by atoms with E-state index in [-0.39, 0.29) is 35.8 Å². The molecule has 0 spiro atoms. The number of carbonyl (C=O) groups is 2. The van der Waals surface area contributed by atoms with Crippen molar-refractivity contribution in [1.82, 2.24) is 5.32 Å². The van der Waals surface area contributed by atoms with Gasteiger partial charge in [-0.1, -0.05) is 24.3 Å². The predicted octanol–water partition coefficient (Wildman–Crippen LogP) is 3.84. The van der Waals surface area contributed by atoms with Gasteiger partial charge in [-0.25, -0.2) is 4.39 Å². The van der Waals surface area contributed by atoms with Gasteiger partial charge in [0.1, 0.15) is 11.6 Å². The first-order chi connectivity index (χ1) is 13.0. The van der Waals surface area contributed by atoms with Gasteiger partial charge in [-0.05, 0) is 47.7 Å². The van der Waals surface area contributed by atoms with Crippen LogP contribution in [-0.4, -0.2) is 18.8 Å². The monoisotopic (exact) mass is 365 g/mol. The Morgan fingerprint density at radius 3 is 2.52 bits per heavy atom. The third-order valence-electron chi connectivity index (χ3n) is 5.37. The summed E-state index contributed by atoms with van der Waals surface area (Å²) in [6, 6.07) is 13.8. The third-order valence-corrected chi connectivity index (χ3v) is 5.37. The van der Waals surface area contributed by atoms with Gasteiger partial charge in [0.05, 0.1) is 7.11 Å². The van der Waals surface area contributed by atoms with Crippen molar-refractivity contribution in [2.24, 2.45) is 0 Å². The molecule has 1 N–H and O–H groups in total. The molecule has 2 aromatic carbocycles. The molecule has 1 amide bonds. The van der Waals surface area contributed by atoms with Crippen LogP contribution in [0, 0.1) is 5.82 Å². The summed E-state index contributed by atoms with van der Waals surface area (Å²) in [7, 11) is 1.59. The quantitative estimate of drug-likeness (QED) is 0.899. The first kappa shape index (κ1) is 17.5. The highest BCUT2D eigenvalue weighted by molar-refractivity contribution is 6.02. The Morgan fingerprint density at radius 2 is 1.78 bits per heavy atom. The Balaban J connectivity index is 1.70. The second-order valence-electron chi connectivity index (χ2n) is 7.05. The van der Waals surface area contributed by atoms with Gasteiger partial charge in [0.25, 0.3) is 0 Å². The molecule has 1 heterocycles. The second-order valence-corrected chi connectivity index (χ2v) is 7.05. The molecule has 2 aliphatic rings. The number of halogens is 1. The molecule has 4 rings (SSSR count). The summed E-state index contributed by atoms with van der Waals surface area (Å²) in [5, 5.41) is 2.90. The molecule has 27 heavy (non-hydrogen) atoms. The lowest BCUT2D eigenvalue weighted by Crippen LogP contribution is -2.38. The number of Topliss-reactive ketones (excluding diaryl/α,β-unsaturated/α-hetero) is 1. The number of allylic oxidation sites excluding steroid dienone is 2. The average Bonchev–Trinajstić information content (AvgIpc) is 2.67. The minimum Gasteiger partial charge on any atom is -0.497 e. The molecule has 2 unspecified atom stereocenters. The molecule has 0 fully saturated rings. The van der Waals surface area contributed by atoms with Crippen molar-refractivity contribution in [2.75, 3.05) is 7.11 Å². The van der Waals surface area contributed by atoms with Crippen molar-refractivity contribution in [1.29, 1.82) is 0 Å². The first-order valence-electron chi connectivity index (χ1n) is 9.00. The van der Waals surface area contributed by atoms with E-state index >= 15 is 0 Å². The van der Waals surface area contributed by atoms with Crippen LogP contribution in [0.25, 0.3) is 0 Å². The van der Waals surface area contributed by atoms with Crippen LogP contribution >= 0.6 is 0 Å². The lowest BCUT2D eigenvalue weighted by molar-refractivity contribution is -0.122. The summed E-state index contributed by atoms with van der Waals surface area (Å²) >= 11 is 0. The normalized spacial score (nSPS) is 22.3. The van der Waals surface area contributed by atoms with E-state index in [0.717, 1.165) is 11.1 Å². The standard InChI is InChI=1S/C22H20FNO3/c1-27-17-4-2-3-14(9-17)18-12-21(26)24-19-10-15(11-20(25)22(18)19)13-5-7-16(23)8-6-13/h2-9,15,18H,10-12H2,1H3,(H,24,26). The van der Waals surface area contributed by atoms with Gasteiger partial charge in [0.15, 0.2) is 5.78 Å². The van der Waals surface area contributed by atoms with E-state index in [1.54, 1.807) is 19.2 Å². The maximum absolute atomic E-state index is 13.2. The van der Waals surface area contributed by atoms with Gasteiger partial charge in [-0.15, -0.1) is 0 Å². The molecular formula is C22H20FNO3. The fraction of sp³-hybridized carbons (Fsp3) is 0.273. The van der Waals surface area contributed by atoms with E-state index in [9.17, 15) is 14.0 Å². The highest BCUT2D eigenvalue weighted by Crippen LogP contribution is 2.42. The minimum absolute atomic E-state index is 0.0402. The van der Waals surface area contributed by atoms with Crippen LogP contribution in [0.15, 0.2) is 59.8 Å². The Labute approximate surface area is 157 Å². The number of benzene rings is 2. The molecule has 1 aliphatic heterocycles. The van der Waals surface area contributed by atoms with Crippen molar-refractivity contribution in [3.63, 3.8) is 0 Å². The van der Waals surface area contributed by atoms with Crippen molar-refractivity contribution in [2.45, 2.75) is 31.1 Å². The molecule has 0 radical (unpaired) electrons. The molecule has 0 saturated heterocycles. The van der Waals surface area contributed by atoms with Crippen LogP contribution in [0.1, 0.15) is 42.2 Å². The highest BCUT2D eigenvalue weighted by Gasteiger charge is 2.38. The number of ketones is 1. The highest BCUT2D eigenvalue weighted by atomic mass is 19.1. The smallest absolute Gasteiger partial charge is 0.225 e. The summed E-state index contributed by atoms with van der Waals surface area (Å²) < 4.78 is 18.5. The predicted molar refractivity (Wildman–Crippen MR) is 98.9 cm³/mol. The maximum Gasteiger partial charge on any atom is 0.225 e. The van der Waals surface area contributed by atoms with Gasteiger partial charge in [-0.2, -0.15) is 0 Å². The van der Waals surface area contributed by atoms with E-state index in [2.05, 4.69) is 5.32 Å². The van der Waals surface area contributed by atoms with Crippen LogP contribution in [-0.2, 0) is 9.59 Å². The van der Waals surface area contributed by atoms with E-state index in [4.69, 9.17) is 4.74 Å². The topological polar surface area (TPSA) is 55.4 Å². The summed E-state index contributed by atoms with van der Waals surface area (Å²) in [5.74, 6) is 0.0391. The van der Waals surface area contributed by atoms with E-state index in [1.165, 1.54) is 12.1 Å². The van der Waals surface area contributed by atoms with E-state index in [0.29, 0.717) is 29.9 Å². The molecule has 4 nitrogen and oxygen atoms in total. The Bertz CT molecular complexity index is 933. The van der Waals surface area contributed by atoms with Crippen LogP contribution < -0.4 is 10.1 Å². The van der Waals surface area contributed by atoms with Crippen LogP contribution in [0.3, 0.4) is 0 Å². The van der Waals surface area contributed by atoms with Gasteiger partial charge in [0, 0.05) is 30.0 Å². The molecular weight excluding hydrogens is 345 g/mol. The van der Waals surface area contributed by atoms with Gasteiger partial charge in [0.2, 0.25) is 5.91 Å². The number of hydrogen-bond acceptors (Lipinski definition) is 3. The largest absolute Gasteiger partial charge is 0.497 e. The van der Waals surface area contributed by atoms with Gasteiger partial charge < -0.3 is 10.1 Å². The summed E-state index contributed by atoms with van der Waals surface area (Å²) in [5.41, 5.74) is 3.21. The molecule has 0 saturated carbocycles. The van der Waals surface area contributed by atoms with Crippen molar-refractivity contribution < 1.29 is 18.7 Å². The molecule has 2 aromatic rings. The lowest BCUT2D eigenvalue weighted by Gasteiger charge is -2.34. The van der Waals surface area contributed by atoms with Gasteiger partial charge in [-0.3, -0.25) is 9.59 Å². The maximum atomic E-state index is 13.2. The zero-order valence-corrected chi connectivity index (χ0v) is 15.0. The Morgan fingerprint density at radius 1 is 1.00 bits per heavy atom. The summed E-state index contributed by atoms with van der Waals surface area (Å²) in [4.78, 5) is 25.3. The number of carbonyl (C=O) groups excluding carboxylic acids is 2. The fourth-order valence-electron chi connectivity index (χ4n) is 4.07. The molecule has 0 bridgehead atoms. The summed E-state index contributed by atoms with van der Waals surface area (Å²) in [6.45, 7) is 0. The zero-order chi connectivity index (χ0) is 19.0. The van der Waals surface area contributed by atoms with Crippen LogP contribution in [0.4, 0.5) is 4.39 Å². The SMILES string of the molecule is COc1cccc(C2CC(=O)NC3=C2C(=O)CC(c2ccc(F)cc2)C3)c1. The third kappa shape index (κ3) is 3.37. The van der Waals surface area contributed by atoms with E-state index < -0.39 is 0 Å². The molecule has 138 valence electrons. The molecule has 5 heteroatoms. The number of amides is 1. The van der Waals surface area contributed by atoms with Crippen molar-refractivity contribution >= 4 is 11.7 Å². The number of hydrogen-bond donors (Lipinski definition) is 1. The second kappa shape index (κ2) is 6.99. The zero-order valence-electron chi connectivity index (χ0n) is 15.0. The van der Waals surface area contributed by atoms with Crippen molar-refractivity contribution in [3.05, 3.63) is 76.7 Å². The van der Waals surface area contributed by atoms with Crippen LogP contribution in [0.5, 0.6) is 5.75 Å². The van der Waals surface area contributed by atoms with Gasteiger partial charge >= 0.3 is 0 Å². The Hall–Kier alpha value is -2.95.